The molecule has 0 amide bonds. The SMILES string of the molecule is CC(Nc1cncc(Cl)n1)c1ccc(F)cc1. The highest BCUT2D eigenvalue weighted by molar-refractivity contribution is 6.29. The van der Waals surface area contributed by atoms with Crippen LogP contribution >= 0.6 is 11.6 Å². The molecule has 0 saturated carbocycles. The van der Waals surface area contributed by atoms with Crippen LogP contribution in [-0.2, 0) is 0 Å². The summed E-state index contributed by atoms with van der Waals surface area (Å²) in [4.78, 5) is 8.00. The van der Waals surface area contributed by atoms with Crippen LogP contribution in [0.5, 0.6) is 0 Å². The first-order valence-corrected chi connectivity index (χ1v) is 5.52. The highest BCUT2D eigenvalue weighted by Gasteiger charge is 2.06. The number of hydrogen-bond donors (Lipinski definition) is 1. The van der Waals surface area contributed by atoms with E-state index in [1.807, 2.05) is 6.92 Å². The van der Waals surface area contributed by atoms with Gasteiger partial charge in [0.25, 0.3) is 0 Å². The molecule has 3 nitrogen and oxygen atoms in total. The molecule has 2 rings (SSSR count). The summed E-state index contributed by atoms with van der Waals surface area (Å²) in [6.45, 7) is 1.95. The van der Waals surface area contributed by atoms with Gasteiger partial charge in [0, 0.05) is 6.04 Å². The zero-order valence-corrected chi connectivity index (χ0v) is 9.95. The van der Waals surface area contributed by atoms with Gasteiger partial charge in [0.1, 0.15) is 16.8 Å². The van der Waals surface area contributed by atoms with Crippen molar-refractivity contribution in [1.29, 1.82) is 0 Å². The predicted molar refractivity (Wildman–Crippen MR) is 65.5 cm³/mol. The molecule has 1 N–H and O–H groups in total. The predicted octanol–water partition coefficient (Wildman–Crippen LogP) is 3.44. The van der Waals surface area contributed by atoms with Crippen molar-refractivity contribution < 1.29 is 4.39 Å². The molecule has 0 aliphatic carbocycles. The quantitative estimate of drug-likeness (QED) is 0.908. The molecule has 0 bridgehead atoms. The lowest BCUT2D eigenvalue weighted by atomic mass is 10.1. The lowest BCUT2D eigenvalue weighted by Crippen LogP contribution is -2.08. The Morgan fingerprint density at radius 3 is 2.59 bits per heavy atom. The average molecular weight is 252 g/mol. The number of anilines is 1. The van der Waals surface area contributed by atoms with E-state index in [1.54, 1.807) is 18.3 Å². The summed E-state index contributed by atoms with van der Waals surface area (Å²) in [7, 11) is 0. The molecular weight excluding hydrogens is 241 g/mol. The molecule has 1 unspecified atom stereocenters. The van der Waals surface area contributed by atoms with Gasteiger partial charge in [0.05, 0.1) is 12.4 Å². The van der Waals surface area contributed by atoms with Gasteiger partial charge in [-0.2, -0.15) is 0 Å². The van der Waals surface area contributed by atoms with E-state index in [-0.39, 0.29) is 11.9 Å². The average Bonchev–Trinajstić information content (AvgIpc) is 2.29. The van der Waals surface area contributed by atoms with E-state index in [9.17, 15) is 4.39 Å². The van der Waals surface area contributed by atoms with Crippen molar-refractivity contribution in [2.75, 3.05) is 5.32 Å². The van der Waals surface area contributed by atoms with Crippen molar-refractivity contribution in [3.05, 3.63) is 53.2 Å². The maximum absolute atomic E-state index is 12.8. The Labute approximate surface area is 104 Å². The molecule has 0 spiro atoms. The summed E-state index contributed by atoms with van der Waals surface area (Å²) >= 11 is 5.73. The Morgan fingerprint density at radius 2 is 1.94 bits per heavy atom. The van der Waals surface area contributed by atoms with Gasteiger partial charge < -0.3 is 5.32 Å². The van der Waals surface area contributed by atoms with Crippen LogP contribution in [0.4, 0.5) is 10.2 Å². The second-order valence-electron chi connectivity index (χ2n) is 3.64. The smallest absolute Gasteiger partial charge is 0.149 e. The molecule has 5 heteroatoms. The number of nitrogens with zero attached hydrogens (tertiary/aromatic N) is 2. The number of halogens is 2. The van der Waals surface area contributed by atoms with E-state index in [0.717, 1.165) is 5.56 Å². The standard InChI is InChI=1S/C12H11ClFN3/c1-8(9-2-4-10(14)5-3-9)16-12-7-15-6-11(13)17-12/h2-8H,1H3,(H,16,17). The summed E-state index contributed by atoms with van der Waals surface area (Å²) in [5.74, 6) is 0.345. The first-order valence-electron chi connectivity index (χ1n) is 5.14. The Balaban J connectivity index is 2.11. The summed E-state index contributed by atoms with van der Waals surface area (Å²) in [6.07, 6.45) is 3.06. The van der Waals surface area contributed by atoms with Gasteiger partial charge >= 0.3 is 0 Å². The fourth-order valence-corrected chi connectivity index (χ4v) is 1.62. The van der Waals surface area contributed by atoms with Crippen molar-refractivity contribution in [3.63, 3.8) is 0 Å². The van der Waals surface area contributed by atoms with Crippen LogP contribution in [0, 0.1) is 5.82 Å². The summed E-state index contributed by atoms with van der Waals surface area (Å²) in [5, 5.41) is 3.47. The Bertz CT molecular complexity index is 501. The molecule has 0 saturated heterocycles. The highest BCUT2D eigenvalue weighted by atomic mass is 35.5. The summed E-state index contributed by atoms with van der Waals surface area (Å²) in [5.41, 5.74) is 0.966. The Hall–Kier alpha value is -1.68. The van der Waals surface area contributed by atoms with Gasteiger partial charge in [-0.3, -0.25) is 4.98 Å². The minimum absolute atomic E-state index is 0.00312. The topological polar surface area (TPSA) is 37.8 Å². The van der Waals surface area contributed by atoms with Crippen molar-refractivity contribution in [2.24, 2.45) is 0 Å². The fourth-order valence-electron chi connectivity index (χ4n) is 1.47. The molecular formula is C12H11ClFN3. The number of rotatable bonds is 3. The van der Waals surface area contributed by atoms with Crippen LogP contribution in [0.1, 0.15) is 18.5 Å². The first-order chi connectivity index (χ1) is 8.15. The van der Waals surface area contributed by atoms with E-state index in [1.165, 1.54) is 18.3 Å². The zero-order valence-electron chi connectivity index (χ0n) is 9.19. The molecule has 1 aromatic heterocycles. The minimum Gasteiger partial charge on any atom is -0.362 e. The van der Waals surface area contributed by atoms with Gasteiger partial charge in [-0.1, -0.05) is 23.7 Å². The van der Waals surface area contributed by atoms with Gasteiger partial charge in [-0.05, 0) is 24.6 Å². The van der Waals surface area contributed by atoms with E-state index < -0.39 is 0 Å². The molecule has 0 fully saturated rings. The summed E-state index contributed by atoms with van der Waals surface area (Å²) < 4.78 is 12.8. The van der Waals surface area contributed by atoms with E-state index in [0.29, 0.717) is 11.0 Å². The molecule has 17 heavy (non-hydrogen) atoms. The number of aromatic nitrogens is 2. The molecule has 0 radical (unpaired) electrons. The van der Waals surface area contributed by atoms with Crippen LogP contribution in [0.2, 0.25) is 5.15 Å². The van der Waals surface area contributed by atoms with E-state index in [4.69, 9.17) is 11.6 Å². The van der Waals surface area contributed by atoms with Crippen molar-refractivity contribution in [3.8, 4) is 0 Å². The third-order valence-electron chi connectivity index (χ3n) is 2.34. The van der Waals surface area contributed by atoms with E-state index in [2.05, 4.69) is 15.3 Å². The molecule has 88 valence electrons. The maximum atomic E-state index is 12.8. The van der Waals surface area contributed by atoms with Gasteiger partial charge in [-0.15, -0.1) is 0 Å². The van der Waals surface area contributed by atoms with Crippen molar-refractivity contribution in [1.82, 2.24) is 9.97 Å². The first kappa shape index (κ1) is 11.8. The lowest BCUT2D eigenvalue weighted by Gasteiger charge is -2.14. The molecule has 1 atom stereocenters. The van der Waals surface area contributed by atoms with E-state index >= 15 is 0 Å². The van der Waals surface area contributed by atoms with Gasteiger partial charge in [0.15, 0.2) is 0 Å². The van der Waals surface area contributed by atoms with Crippen molar-refractivity contribution in [2.45, 2.75) is 13.0 Å². The molecule has 0 aliphatic heterocycles. The minimum atomic E-state index is -0.247. The normalized spacial score (nSPS) is 12.2. The fraction of sp³-hybridized carbons (Fsp3) is 0.167. The number of hydrogen-bond acceptors (Lipinski definition) is 3. The van der Waals surface area contributed by atoms with Crippen LogP contribution in [0.3, 0.4) is 0 Å². The third-order valence-corrected chi connectivity index (χ3v) is 2.52. The maximum Gasteiger partial charge on any atom is 0.149 e. The zero-order chi connectivity index (χ0) is 12.3. The van der Waals surface area contributed by atoms with Gasteiger partial charge in [-0.25, -0.2) is 9.37 Å². The number of benzene rings is 1. The lowest BCUT2D eigenvalue weighted by molar-refractivity contribution is 0.626. The Morgan fingerprint density at radius 1 is 1.24 bits per heavy atom. The van der Waals surface area contributed by atoms with Crippen LogP contribution in [0.15, 0.2) is 36.7 Å². The molecule has 1 aromatic carbocycles. The molecule has 0 aliphatic rings. The van der Waals surface area contributed by atoms with Crippen LogP contribution in [0.25, 0.3) is 0 Å². The Kier molecular flexibility index (Phi) is 3.54. The van der Waals surface area contributed by atoms with Crippen molar-refractivity contribution >= 4 is 17.4 Å². The number of nitrogens with one attached hydrogen (secondary N) is 1. The molecule has 2 aromatic rings. The van der Waals surface area contributed by atoms with Crippen LogP contribution in [-0.4, -0.2) is 9.97 Å². The highest BCUT2D eigenvalue weighted by Crippen LogP contribution is 2.18. The second-order valence-corrected chi connectivity index (χ2v) is 4.03. The largest absolute Gasteiger partial charge is 0.362 e. The molecule has 1 heterocycles. The van der Waals surface area contributed by atoms with Gasteiger partial charge in [0.2, 0.25) is 0 Å². The summed E-state index contributed by atoms with van der Waals surface area (Å²) in [6, 6.07) is 6.31. The monoisotopic (exact) mass is 251 g/mol. The second kappa shape index (κ2) is 5.10. The third kappa shape index (κ3) is 3.14. The van der Waals surface area contributed by atoms with Crippen LogP contribution < -0.4 is 5.32 Å².